The van der Waals surface area contributed by atoms with Gasteiger partial charge in [0.15, 0.2) is 34.5 Å². The van der Waals surface area contributed by atoms with Gasteiger partial charge in [0.1, 0.15) is 62.6 Å². The molecule has 0 aliphatic carbocycles. The van der Waals surface area contributed by atoms with Gasteiger partial charge in [0, 0.05) is 0 Å². The summed E-state index contributed by atoms with van der Waals surface area (Å²) >= 11 is 0. The molecule has 7 aromatic rings. The highest BCUT2D eigenvalue weighted by Crippen LogP contribution is 2.36. The van der Waals surface area contributed by atoms with Crippen LogP contribution in [0.4, 0.5) is 0 Å². The van der Waals surface area contributed by atoms with Gasteiger partial charge in [-0.15, -0.1) is 0 Å². The van der Waals surface area contributed by atoms with E-state index in [1.54, 1.807) is 0 Å². The lowest BCUT2D eigenvalue weighted by atomic mass is 9.98. The maximum Gasteiger partial charge on any atom is 0.162 e. The number of aliphatic hydroxyl groups excluding tert-OH is 1. The maximum atomic E-state index is 10.3. The average Bonchev–Trinajstić information content (AvgIpc) is 0.854. The Hall–Kier alpha value is -7.50. The monoisotopic (exact) mass is 1370 g/mol. The predicted molar refractivity (Wildman–Crippen MR) is 409 cm³/mol. The van der Waals surface area contributed by atoms with E-state index >= 15 is 0 Å². The fraction of sp³-hybridized carbons (Fsp3) is 0.528. The smallest absolute Gasteiger partial charge is 0.162 e. The first kappa shape index (κ1) is 79.8. The molecule has 0 unspecified atom stereocenters. The van der Waals surface area contributed by atoms with Crippen molar-refractivity contribution in [1.29, 1.82) is 0 Å². The normalized spacial score (nSPS) is 12.7. The van der Waals surface area contributed by atoms with Crippen LogP contribution >= 0.6 is 0 Å². The largest absolute Gasteiger partial charge is 0.494 e. The third-order valence-electron chi connectivity index (χ3n) is 18.7. The number of benzene rings is 7. The highest BCUT2D eigenvalue weighted by molar-refractivity contribution is 5.47. The van der Waals surface area contributed by atoms with Crippen molar-refractivity contribution in [2.24, 2.45) is 47.3 Å². The van der Waals surface area contributed by atoms with Crippen molar-refractivity contribution in [2.75, 3.05) is 26.4 Å². The summed E-state index contributed by atoms with van der Waals surface area (Å²) in [7, 11) is 0. The van der Waals surface area contributed by atoms with E-state index < -0.39 is 0 Å². The quantitative estimate of drug-likeness (QED) is 0.0393. The summed E-state index contributed by atoms with van der Waals surface area (Å²) in [6.45, 7) is 32.0. The molecule has 1 N–H and O–H groups in total. The maximum absolute atomic E-state index is 10.3. The molecule has 100 heavy (non-hydrogen) atoms. The molecule has 0 heterocycles. The van der Waals surface area contributed by atoms with Crippen molar-refractivity contribution in [1.82, 2.24) is 0 Å². The van der Waals surface area contributed by atoms with E-state index in [1.165, 1.54) is 77.0 Å². The van der Waals surface area contributed by atoms with Crippen molar-refractivity contribution in [3.8, 4) is 57.5 Å². The van der Waals surface area contributed by atoms with Gasteiger partial charge in [0.2, 0.25) is 0 Å². The van der Waals surface area contributed by atoms with Crippen molar-refractivity contribution in [2.45, 2.75) is 232 Å². The minimum atomic E-state index is -0.162. The lowest BCUT2D eigenvalue weighted by Gasteiger charge is -2.17. The predicted octanol–water partition coefficient (Wildman–Crippen LogP) is 23.6. The van der Waals surface area contributed by atoms with Crippen molar-refractivity contribution in [3.63, 3.8) is 0 Å². The zero-order chi connectivity index (χ0) is 71.3. The summed E-state index contributed by atoms with van der Waals surface area (Å²) in [5.41, 5.74) is 6.45. The van der Waals surface area contributed by atoms with Gasteiger partial charge in [0.05, 0.1) is 33.0 Å². The molecule has 0 saturated heterocycles. The van der Waals surface area contributed by atoms with E-state index in [0.29, 0.717) is 117 Å². The molecule has 0 aliphatic heterocycles. The highest BCUT2D eigenvalue weighted by atomic mass is 16.5. The molecular formula is C89H124O11. The first-order valence-electron chi connectivity index (χ1n) is 38.0. The van der Waals surface area contributed by atoms with E-state index in [2.05, 4.69) is 132 Å². The summed E-state index contributed by atoms with van der Waals surface area (Å²) in [6, 6.07) is 50.0. The van der Waals surface area contributed by atoms with Crippen molar-refractivity contribution < 1.29 is 52.5 Å². The van der Waals surface area contributed by atoms with Crippen LogP contribution in [0.5, 0.6) is 57.5 Å². The topological polar surface area (TPSA) is 113 Å². The van der Waals surface area contributed by atoms with Gasteiger partial charge < -0.3 is 52.5 Å². The summed E-state index contributed by atoms with van der Waals surface area (Å²) in [4.78, 5) is 0. The Morgan fingerprint density at radius 3 is 0.670 bits per heavy atom. The Kier molecular flexibility index (Phi) is 35.7. The number of rotatable bonds is 51. The van der Waals surface area contributed by atoms with Crippen LogP contribution in [0.2, 0.25) is 0 Å². The molecule has 7 rings (SSSR count). The molecule has 4 atom stereocenters. The molecule has 0 radical (unpaired) electrons. The van der Waals surface area contributed by atoms with E-state index in [1.807, 2.05) is 103 Å². The molecule has 11 nitrogen and oxygen atoms in total. The summed E-state index contributed by atoms with van der Waals surface area (Å²) in [6.07, 6.45) is 19.2. The van der Waals surface area contributed by atoms with E-state index in [4.69, 9.17) is 47.4 Å². The Labute approximate surface area is 603 Å². The molecule has 0 fully saturated rings. The molecule has 7 aromatic carbocycles. The average molecular weight is 1370 g/mol. The Morgan fingerprint density at radius 1 is 0.220 bits per heavy atom. The number of ether oxygens (including phenoxy) is 10. The van der Waals surface area contributed by atoms with Crippen LogP contribution in [0.3, 0.4) is 0 Å². The van der Waals surface area contributed by atoms with Crippen LogP contribution in [0.1, 0.15) is 225 Å². The van der Waals surface area contributed by atoms with Crippen LogP contribution < -0.4 is 47.4 Å². The molecule has 0 spiro atoms. The first-order valence-corrected chi connectivity index (χ1v) is 38.0. The van der Waals surface area contributed by atoms with Crippen LogP contribution in [0.15, 0.2) is 152 Å². The zero-order valence-corrected chi connectivity index (χ0v) is 63.2. The summed E-state index contributed by atoms with van der Waals surface area (Å²) < 4.78 is 64.2. The standard InChI is InChI=1S/C89H124O11/c1-65(2)17-13-21-69(9)47-51-91-80-36-25-73(26-37-80)59-95-85-45-34-78(56-88(85)98-61-75-29-40-82(41-30-75)93-53-49-71(11)23-15-19-67(5)6)63-97-84-44-33-77(58-90)55-87(84)100-64-79-35-46-86(96-60-74-27-38-81(39-28-74)92-52-48-70(10)22-14-18-66(3)4)89(57-79)99-62-76-31-42-83(43-32-76)94-54-50-72(12)24-16-20-68(7)8/h25-46,55-57,65-72,90H,13-24,47-54,58-64H2,1-12H3/t69-,70-,71-,72-/m1/s1. The second kappa shape index (κ2) is 44.7. The van der Waals surface area contributed by atoms with Crippen LogP contribution in [0, 0.1) is 47.3 Å². The molecule has 0 aromatic heterocycles. The van der Waals surface area contributed by atoms with E-state index in [9.17, 15) is 5.11 Å². The Balaban J connectivity index is 1.01. The number of aliphatic hydroxyl groups is 1. The van der Waals surface area contributed by atoms with Gasteiger partial charge in [-0.3, -0.25) is 0 Å². The molecule has 0 bridgehead atoms. The minimum absolute atomic E-state index is 0.162. The van der Waals surface area contributed by atoms with Gasteiger partial charge >= 0.3 is 0 Å². The summed E-state index contributed by atoms with van der Waals surface area (Å²) in [5, 5.41) is 10.3. The number of hydrogen-bond donors (Lipinski definition) is 1. The van der Waals surface area contributed by atoms with Crippen LogP contribution in [-0.2, 0) is 46.2 Å². The minimum Gasteiger partial charge on any atom is -0.494 e. The Bertz CT molecular complexity index is 3320. The molecule has 0 aliphatic rings. The van der Waals surface area contributed by atoms with Gasteiger partial charge in [0.25, 0.3) is 0 Å². The SMILES string of the molecule is CC(C)CCC[C@@H](C)CCOc1ccc(COc2ccc(COc3ccc(CO)cc3OCc3ccc(OCc4ccc(OCC[C@H](C)CCCC(C)C)cc4)c(OCc4ccc(OCC[C@H](C)CCCC(C)C)cc4)c3)cc2OCc2ccc(OCC[C@H](C)CCCC(C)C)cc2)cc1. The third-order valence-corrected chi connectivity index (χ3v) is 18.7. The van der Waals surface area contributed by atoms with Gasteiger partial charge in [-0.2, -0.15) is 0 Å². The molecule has 11 heteroatoms. The lowest BCUT2D eigenvalue weighted by Crippen LogP contribution is -2.06. The third kappa shape index (κ3) is 31.6. The molecular weight excluding hydrogens is 1240 g/mol. The van der Waals surface area contributed by atoms with Crippen LogP contribution in [-0.4, -0.2) is 31.5 Å². The second-order valence-corrected chi connectivity index (χ2v) is 30.1. The lowest BCUT2D eigenvalue weighted by molar-refractivity contribution is 0.244. The molecule has 0 amide bonds. The van der Waals surface area contributed by atoms with Crippen molar-refractivity contribution in [3.05, 3.63) is 191 Å². The second-order valence-electron chi connectivity index (χ2n) is 30.1. The Morgan fingerprint density at radius 2 is 0.430 bits per heavy atom. The van der Waals surface area contributed by atoms with Gasteiger partial charge in [-0.25, -0.2) is 0 Å². The van der Waals surface area contributed by atoms with E-state index in [-0.39, 0.29) is 19.8 Å². The van der Waals surface area contributed by atoms with Gasteiger partial charge in [-0.05, 0) is 197 Å². The first-order chi connectivity index (χ1) is 48.4. The fourth-order valence-electron chi connectivity index (χ4n) is 11.9. The zero-order valence-electron chi connectivity index (χ0n) is 63.2. The van der Waals surface area contributed by atoms with Crippen molar-refractivity contribution >= 4 is 0 Å². The van der Waals surface area contributed by atoms with E-state index in [0.717, 1.165) is 106 Å². The van der Waals surface area contributed by atoms with Gasteiger partial charge in [-0.1, -0.05) is 227 Å². The number of hydrogen-bond acceptors (Lipinski definition) is 11. The molecule has 0 saturated carbocycles. The fourth-order valence-corrected chi connectivity index (χ4v) is 11.9. The highest BCUT2D eigenvalue weighted by Gasteiger charge is 2.17. The molecule has 546 valence electrons. The van der Waals surface area contributed by atoms with Crippen LogP contribution in [0.25, 0.3) is 0 Å². The summed E-state index contributed by atoms with van der Waals surface area (Å²) in [5.74, 6) is 12.3.